The molecule has 8 nitrogen and oxygen atoms in total. The molecule has 0 bridgehead atoms. The molecule has 1 fully saturated rings. The molecule has 1 heterocycles. The molecular weight excluding hydrogens is 420 g/mol. The van der Waals surface area contributed by atoms with Crippen LogP contribution in [0.15, 0.2) is 41.3 Å². The van der Waals surface area contributed by atoms with Crippen molar-refractivity contribution in [3.8, 4) is 17.2 Å². The Bertz CT molecular complexity index is 1050. The molecule has 0 saturated carbocycles. The van der Waals surface area contributed by atoms with Gasteiger partial charge in [-0.05, 0) is 49.6 Å². The number of piperidine rings is 1. The Balaban J connectivity index is 1.82. The Hall–Kier alpha value is -2.78. The number of hydrogen-bond acceptors (Lipinski definition) is 6. The Morgan fingerprint density at radius 1 is 1.03 bits per heavy atom. The van der Waals surface area contributed by atoms with Crippen LogP contribution in [0.5, 0.6) is 17.2 Å². The van der Waals surface area contributed by atoms with E-state index in [1.165, 1.54) is 31.7 Å². The smallest absolute Gasteiger partial charge is 0.246 e. The minimum absolute atomic E-state index is 0.0239. The fourth-order valence-electron chi connectivity index (χ4n) is 3.65. The summed E-state index contributed by atoms with van der Waals surface area (Å²) in [6.45, 7) is 2.34. The molecule has 9 heteroatoms. The van der Waals surface area contributed by atoms with E-state index in [2.05, 4.69) is 5.32 Å². The first-order chi connectivity index (χ1) is 14.8. The number of ether oxygens (including phenoxy) is 3. The van der Waals surface area contributed by atoms with Crippen LogP contribution in [0.25, 0.3) is 0 Å². The normalized spacial score (nSPS) is 17.1. The summed E-state index contributed by atoms with van der Waals surface area (Å²) < 4.78 is 43.8. The fraction of sp³-hybridized carbons (Fsp3) is 0.409. The molecule has 168 valence electrons. The molecule has 0 radical (unpaired) electrons. The van der Waals surface area contributed by atoms with E-state index < -0.39 is 15.9 Å². The van der Waals surface area contributed by atoms with Crippen molar-refractivity contribution >= 4 is 21.6 Å². The van der Waals surface area contributed by atoms with Crippen molar-refractivity contribution in [1.82, 2.24) is 4.31 Å². The molecule has 1 aliphatic heterocycles. The van der Waals surface area contributed by atoms with Gasteiger partial charge >= 0.3 is 0 Å². The number of anilines is 1. The zero-order valence-electron chi connectivity index (χ0n) is 18.2. The number of benzene rings is 2. The van der Waals surface area contributed by atoms with E-state index in [1.807, 2.05) is 19.1 Å². The first-order valence-electron chi connectivity index (χ1n) is 9.97. The van der Waals surface area contributed by atoms with Crippen molar-refractivity contribution in [3.63, 3.8) is 0 Å². The maximum atomic E-state index is 13.3. The molecule has 1 atom stereocenters. The number of sulfonamides is 1. The minimum atomic E-state index is -3.87. The number of nitrogens with one attached hydrogen (secondary N) is 1. The van der Waals surface area contributed by atoms with Crippen LogP contribution in [-0.2, 0) is 14.8 Å². The van der Waals surface area contributed by atoms with Gasteiger partial charge in [0.25, 0.3) is 0 Å². The highest BCUT2D eigenvalue weighted by Crippen LogP contribution is 2.33. The second kappa shape index (κ2) is 9.57. The summed E-state index contributed by atoms with van der Waals surface area (Å²) >= 11 is 0. The molecule has 0 spiro atoms. The zero-order valence-corrected chi connectivity index (χ0v) is 19.0. The summed E-state index contributed by atoms with van der Waals surface area (Å²) in [6.07, 6.45) is 1.18. The van der Waals surface area contributed by atoms with Gasteiger partial charge in [0.2, 0.25) is 15.9 Å². The number of rotatable bonds is 7. The number of amides is 1. The maximum absolute atomic E-state index is 13.3. The summed E-state index contributed by atoms with van der Waals surface area (Å²) in [4.78, 5) is 13.0. The Labute approximate surface area is 183 Å². The van der Waals surface area contributed by atoms with Crippen molar-refractivity contribution in [2.45, 2.75) is 24.7 Å². The van der Waals surface area contributed by atoms with Crippen molar-refractivity contribution in [2.24, 2.45) is 5.92 Å². The van der Waals surface area contributed by atoms with Gasteiger partial charge in [-0.1, -0.05) is 6.07 Å². The van der Waals surface area contributed by atoms with E-state index in [4.69, 9.17) is 14.2 Å². The van der Waals surface area contributed by atoms with Gasteiger partial charge < -0.3 is 19.5 Å². The van der Waals surface area contributed by atoms with Gasteiger partial charge in [-0.3, -0.25) is 4.79 Å². The third-order valence-corrected chi connectivity index (χ3v) is 7.24. The van der Waals surface area contributed by atoms with Gasteiger partial charge in [0.05, 0.1) is 32.9 Å². The lowest BCUT2D eigenvalue weighted by atomic mass is 9.98. The van der Waals surface area contributed by atoms with Crippen LogP contribution in [0.1, 0.15) is 18.4 Å². The van der Waals surface area contributed by atoms with Crippen molar-refractivity contribution in [3.05, 3.63) is 42.0 Å². The van der Waals surface area contributed by atoms with Crippen LogP contribution >= 0.6 is 0 Å². The second-order valence-corrected chi connectivity index (χ2v) is 9.32. The van der Waals surface area contributed by atoms with E-state index >= 15 is 0 Å². The molecule has 0 unspecified atom stereocenters. The lowest BCUT2D eigenvalue weighted by Crippen LogP contribution is -2.43. The van der Waals surface area contributed by atoms with Crippen molar-refractivity contribution in [2.75, 3.05) is 39.7 Å². The monoisotopic (exact) mass is 448 g/mol. The van der Waals surface area contributed by atoms with Crippen LogP contribution in [-0.4, -0.2) is 53.0 Å². The highest BCUT2D eigenvalue weighted by Gasteiger charge is 2.35. The molecule has 31 heavy (non-hydrogen) atoms. The van der Waals surface area contributed by atoms with Crippen LogP contribution in [0.4, 0.5) is 5.69 Å². The lowest BCUT2D eigenvalue weighted by molar-refractivity contribution is -0.120. The molecule has 1 aliphatic rings. The molecule has 0 aliphatic carbocycles. The van der Waals surface area contributed by atoms with Crippen LogP contribution < -0.4 is 19.5 Å². The average Bonchev–Trinajstić information content (AvgIpc) is 2.78. The van der Waals surface area contributed by atoms with Gasteiger partial charge in [0, 0.05) is 19.2 Å². The standard InChI is InChI=1S/C22H28N2O6S/c1-15-7-9-19(29-3)18(12-15)23-22(25)16-6-5-11-24(14-16)31(26,27)21-13-17(28-2)8-10-20(21)30-4/h7-10,12-13,16H,5-6,11,14H2,1-4H3,(H,23,25)/t16-/m0/s1. The van der Waals surface area contributed by atoms with E-state index in [0.29, 0.717) is 36.6 Å². The number of carbonyl (C=O) groups is 1. The molecule has 2 aromatic carbocycles. The first-order valence-corrected chi connectivity index (χ1v) is 11.4. The Morgan fingerprint density at radius 2 is 1.74 bits per heavy atom. The molecule has 1 amide bonds. The number of methoxy groups -OCH3 is 3. The number of aryl methyl sites for hydroxylation is 1. The topological polar surface area (TPSA) is 94.2 Å². The highest BCUT2D eigenvalue weighted by atomic mass is 32.2. The van der Waals surface area contributed by atoms with Crippen LogP contribution in [0.3, 0.4) is 0 Å². The molecule has 2 aromatic rings. The summed E-state index contributed by atoms with van der Waals surface area (Å²) in [5.41, 5.74) is 1.55. The highest BCUT2D eigenvalue weighted by molar-refractivity contribution is 7.89. The van der Waals surface area contributed by atoms with E-state index in [1.54, 1.807) is 18.2 Å². The maximum Gasteiger partial charge on any atom is 0.246 e. The minimum Gasteiger partial charge on any atom is -0.497 e. The number of hydrogen-bond donors (Lipinski definition) is 1. The van der Waals surface area contributed by atoms with Crippen LogP contribution in [0.2, 0.25) is 0 Å². The van der Waals surface area contributed by atoms with Gasteiger partial charge in [-0.15, -0.1) is 0 Å². The van der Waals surface area contributed by atoms with E-state index in [-0.39, 0.29) is 23.1 Å². The predicted molar refractivity (Wildman–Crippen MR) is 117 cm³/mol. The van der Waals surface area contributed by atoms with E-state index in [9.17, 15) is 13.2 Å². The third kappa shape index (κ3) is 4.94. The van der Waals surface area contributed by atoms with Crippen molar-refractivity contribution in [1.29, 1.82) is 0 Å². The summed E-state index contributed by atoms with van der Waals surface area (Å²) in [5.74, 6) is 0.487. The summed E-state index contributed by atoms with van der Waals surface area (Å²) in [5, 5.41) is 2.89. The number of nitrogens with zero attached hydrogens (tertiary/aromatic N) is 1. The van der Waals surface area contributed by atoms with Gasteiger partial charge in [-0.2, -0.15) is 4.31 Å². The molecule has 1 N–H and O–H groups in total. The molecule has 0 aromatic heterocycles. The SMILES string of the molecule is COc1ccc(OC)c(S(=O)(=O)N2CCC[C@H](C(=O)Nc3cc(C)ccc3OC)C2)c1. The third-order valence-electron chi connectivity index (χ3n) is 5.36. The zero-order chi connectivity index (χ0) is 22.6. The van der Waals surface area contributed by atoms with Gasteiger partial charge in [-0.25, -0.2) is 8.42 Å². The first kappa shape index (κ1) is 22.9. The fourth-order valence-corrected chi connectivity index (χ4v) is 5.35. The summed E-state index contributed by atoms with van der Waals surface area (Å²) in [6, 6.07) is 10.1. The van der Waals surface area contributed by atoms with Crippen molar-refractivity contribution < 1.29 is 27.4 Å². The largest absolute Gasteiger partial charge is 0.497 e. The predicted octanol–water partition coefficient (Wildman–Crippen LogP) is 3.06. The van der Waals surface area contributed by atoms with E-state index in [0.717, 1.165) is 5.56 Å². The Kier molecular flexibility index (Phi) is 7.07. The average molecular weight is 449 g/mol. The number of carbonyl (C=O) groups excluding carboxylic acids is 1. The molecule has 1 saturated heterocycles. The second-order valence-electron chi connectivity index (χ2n) is 7.41. The molecule has 3 rings (SSSR count). The lowest BCUT2D eigenvalue weighted by Gasteiger charge is -2.31. The van der Waals surface area contributed by atoms with Gasteiger partial charge in [0.15, 0.2) is 0 Å². The summed E-state index contributed by atoms with van der Waals surface area (Å²) in [7, 11) is 0.556. The molecular formula is C22H28N2O6S. The Morgan fingerprint density at radius 3 is 2.42 bits per heavy atom. The van der Waals surface area contributed by atoms with Crippen LogP contribution in [0, 0.1) is 12.8 Å². The van der Waals surface area contributed by atoms with Gasteiger partial charge in [0.1, 0.15) is 22.1 Å². The quantitative estimate of drug-likeness (QED) is 0.700.